The Kier molecular flexibility index (Phi) is 8.07. The van der Waals surface area contributed by atoms with Gasteiger partial charge in [0, 0.05) is 17.6 Å². The van der Waals surface area contributed by atoms with Crippen LogP contribution in [0.4, 0.5) is 5.69 Å². The predicted octanol–water partition coefficient (Wildman–Crippen LogP) is 2.82. The van der Waals surface area contributed by atoms with E-state index in [1.807, 2.05) is 0 Å². The fraction of sp³-hybridized carbons (Fsp3) is 0.611. The second kappa shape index (κ2) is 9.17. The summed E-state index contributed by atoms with van der Waals surface area (Å²) in [5.41, 5.74) is 0.584. The molecule has 1 atom stereocenters. The molecule has 1 aliphatic heterocycles. The zero-order chi connectivity index (χ0) is 18.7. The molecule has 1 heterocycles. The van der Waals surface area contributed by atoms with Gasteiger partial charge in [0.15, 0.2) is 0 Å². The van der Waals surface area contributed by atoms with Gasteiger partial charge < -0.3 is 10.6 Å². The third-order valence-corrected chi connectivity index (χ3v) is 6.04. The molecule has 26 heavy (non-hydrogen) atoms. The Balaban J connectivity index is 0.00000338. The molecular formula is C18H30ClN3O3S. The second-order valence-electron chi connectivity index (χ2n) is 7.78. The molecule has 6 nitrogen and oxygen atoms in total. The number of benzene rings is 1. The first kappa shape index (κ1) is 22.9. The summed E-state index contributed by atoms with van der Waals surface area (Å²) < 4.78 is 27.8. The molecule has 1 aliphatic rings. The third kappa shape index (κ3) is 6.87. The van der Waals surface area contributed by atoms with E-state index in [1.54, 1.807) is 39.8 Å². The molecule has 0 aromatic heterocycles. The largest absolute Gasteiger partial charge is 0.326 e. The number of rotatable bonds is 6. The fourth-order valence-corrected chi connectivity index (χ4v) is 4.64. The lowest BCUT2D eigenvalue weighted by molar-refractivity contribution is -0.116. The van der Waals surface area contributed by atoms with Gasteiger partial charge in [-0.3, -0.25) is 4.79 Å². The zero-order valence-corrected chi connectivity index (χ0v) is 17.5. The Bertz CT molecular complexity index is 724. The monoisotopic (exact) mass is 403 g/mol. The van der Waals surface area contributed by atoms with Crippen molar-refractivity contribution >= 4 is 34.0 Å². The molecule has 148 valence electrons. The predicted molar refractivity (Wildman–Crippen MR) is 107 cm³/mol. The average Bonchev–Trinajstić information content (AvgIpc) is 2.98. The minimum absolute atomic E-state index is 0. The van der Waals surface area contributed by atoms with Crippen LogP contribution in [0.15, 0.2) is 23.1 Å². The Morgan fingerprint density at radius 2 is 2.00 bits per heavy atom. The van der Waals surface area contributed by atoms with Crippen molar-refractivity contribution in [3.05, 3.63) is 23.8 Å². The van der Waals surface area contributed by atoms with Crippen LogP contribution in [0.2, 0.25) is 0 Å². The molecule has 1 unspecified atom stereocenters. The smallest absolute Gasteiger partial charge is 0.241 e. The van der Waals surface area contributed by atoms with Crippen LogP contribution < -0.4 is 15.4 Å². The highest BCUT2D eigenvalue weighted by molar-refractivity contribution is 7.89. The summed E-state index contributed by atoms with van der Waals surface area (Å²) in [6.45, 7) is 9.12. The summed E-state index contributed by atoms with van der Waals surface area (Å²) in [4.78, 5) is 12.3. The quantitative estimate of drug-likeness (QED) is 0.681. The van der Waals surface area contributed by atoms with Gasteiger partial charge >= 0.3 is 0 Å². The number of halogens is 1. The number of hydrogen-bond acceptors (Lipinski definition) is 4. The van der Waals surface area contributed by atoms with E-state index in [9.17, 15) is 13.2 Å². The third-order valence-electron chi connectivity index (χ3n) is 4.14. The number of anilines is 1. The lowest BCUT2D eigenvalue weighted by Crippen LogP contribution is -2.40. The van der Waals surface area contributed by atoms with Crippen LogP contribution in [0, 0.1) is 12.8 Å². The summed E-state index contributed by atoms with van der Waals surface area (Å²) in [7, 11) is -3.64. The van der Waals surface area contributed by atoms with Crippen molar-refractivity contribution in [1.29, 1.82) is 0 Å². The normalized spacial score (nSPS) is 17.6. The molecule has 0 saturated carbocycles. The first-order valence-electron chi connectivity index (χ1n) is 8.72. The van der Waals surface area contributed by atoms with E-state index in [0.717, 1.165) is 25.9 Å². The molecule has 8 heteroatoms. The van der Waals surface area contributed by atoms with Crippen LogP contribution in [-0.4, -0.2) is 33.0 Å². The first-order chi connectivity index (χ1) is 11.6. The number of aryl methyl sites for hydroxylation is 1. The molecule has 2 rings (SSSR count). The van der Waals surface area contributed by atoms with Crippen LogP contribution in [0.5, 0.6) is 0 Å². The molecule has 1 fully saturated rings. The molecule has 3 N–H and O–H groups in total. The topological polar surface area (TPSA) is 87.3 Å². The van der Waals surface area contributed by atoms with Gasteiger partial charge in [-0.25, -0.2) is 13.1 Å². The molecule has 0 radical (unpaired) electrons. The van der Waals surface area contributed by atoms with E-state index in [1.165, 1.54) is 6.07 Å². The standard InChI is InChI=1S/C18H29N3O3S.ClH/c1-13-5-7-15(11-16(13)25(23,24)21-18(2,3)4)20-17(22)8-6-14-9-10-19-12-14;/h5,7,11,14,19,21H,6,8-10,12H2,1-4H3,(H,20,22);1H. The highest BCUT2D eigenvalue weighted by Gasteiger charge is 2.24. The molecule has 0 aliphatic carbocycles. The molecule has 1 saturated heterocycles. The van der Waals surface area contributed by atoms with Crippen LogP contribution >= 0.6 is 12.4 Å². The number of hydrogen-bond donors (Lipinski definition) is 3. The highest BCUT2D eigenvalue weighted by atomic mass is 35.5. The Morgan fingerprint density at radius 1 is 1.31 bits per heavy atom. The van der Waals surface area contributed by atoms with Gasteiger partial charge in [0.25, 0.3) is 0 Å². The SMILES string of the molecule is Cc1ccc(NC(=O)CCC2CCNC2)cc1S(=O)(=O)NC(C)(C)C.Cl. The number of amides is 1. The molecule has 1 amide bonds. The van der Waals surface area contributed by atoms with Gasteiger partial charge in [0.05, 0.1) is 4.90 Å². The highest BCUT2D eigenvalue weighted by Crippen LogP contribution is 2.22. The molecule has 1 aromatic carbocycles. The van der Waals surface area contributed by atoms with Crippen molar-refractivity contribution in [2.45, 2.75) is 57.4 Å². The summed E-state index contributed by atoms with van der Waals surface area (Å²) in [5, 5.41) is 6.11. The number of carbonyl (C=O) groups excluding carboxylic acids is 1. The second-order valence-corrected chi connectivity index (χ2v) is 9.43. The van der Waals surface area contributed by atoms with Gasteiger partial charge in [-0.2, -0.15) is 0 Å². The van der Waals surface area contributed by atoms with Crippen LogP contribution in [0.3, 0.4) is 0 Å². The van der Waals surface area contributed by atoms with Gasteiger partial charge in [-0.05, 0) is 77.2 Å². The minimum atomic E-state index is -3.64. The first-order valence-corrected chi connectivity index (χ1v) is 10.2. The maximum Gasteiger partial charge on any atom is 0.241 e. The van der Waals surface area contributed by atoms with Crippen molar-refractivity contribution in [3.63, 3.8) is 0 Å². The molecular weight excluding hydrogens is 374 g/mol. The Labute approximate surface area is 163 Å². The van der Waals surface area contributed by atoms with E-state index < -0.39 is 15.6 Å². The van der Waals surface area contributed by atoms with Crippen molar-refractivity contribution in [3.8, 4) is 0 Å². The number of nitrogens with one attached hydrogen (secondary N) is 3. The maximum absolute atomic E-state index is 12.6. The lowest BCUT2D eigenvalue weighted by Gasteiger charge is -2.21. The molecule has 1 aromatic rings. The average molecular weight is 404 g/mol. The van der Waals surface area contributed by atoms with E-state index in [0.29, 0.717) is 23.6 Å². The molecule has 0 spiro atoms. The van der Waals surface area contributed by atoms with E-state index in [2.05, 4.69) is 15.4 Å². The van der Waals surface area contributed by atoms with Gasteiger partial charge in [-0.15, -0.1) is 12.4 Å². The summed E-state index contributed by atoms with van der Waals surface area (Å²) in [6.07, 6.45) is 2.41. The van der Waals surface area contributed by atoms with Crippen LogP contribution in [0.1, 0.15) is 45.6 Å². The van der Waals surface area contributed by atoms with Crippen molar-refractivity contribution < 1.29 is 13.2 Å². The lowest BCUT2D eigenvalue weighted by atomic mass is 10.0. The van der Waals surface area contributed by atoms with Crippen molar-refractivity contribution in [2.75, 3.05) is 18.4 Å². The van der Waals surface area contributed by atoms with Crippen LogP contribution in [-0.2, 0) is 14.8 Å². The number of sulfonamides is 1. The van der Waals surface area contributed by atoms with Crippen LogP contribution in [0.25, 0.3) is 0 Å². The van der Waals surface area contributed by atoms with E-state index in [-0.39, 0.29) is 23.2 Å². The zero-order valence-electron chi connectivity index (χ0n) is 15.9. The summed E-state index contributed by atoms with van der Waals surface area (Å²) in [6, 6.07) is 4.98. The summed E-state index contributed by atoms with van der Waals surface area (Å²) >= 11 is 0. The maximum atomic E-state index is 12.6. The minimum Gasteiger partial charge on any atom is -0.326 e. The van der Waals surface area contributed by atoms with Gasteiger partial charge in [0.2, 0.25) is 15.9 Å². The van der Waals surface area contributed by atoms with Crippen molar-refractivity contribution in [1.82, 2.24) is 10.0 Å². The fourth-order valence-electron chi connectivity index (χ4n) is 2.94. The van der Waals surface area contributed by atoms with E-state index in [4.69, 9.17) is 0 Å². The van der Waals surface area contributed by atoms with Gasteiger partial charge in [-0.1, -0.05) is 6.07 Å². The number of carbonyl (C=O) groups is 1. The van der Waals surface area contributed by atoms with Gasteiger partial charge in [0.1, 0.15) is 0 Å². The van der Waals surface area contributed by atoms with Crippen molar-refractivity contribution in [2.24, 2.45) is 5.92 Å². The van der Waals surface area contributed by atoms with E-state index >= 15 is 0 Å². The Morgan fingerprint density at radius 3 is 2.58 bits per heavy atom. The summed E-state index contributed by atoms with van der Waals surface area (Å²) in [5.74, 6) is 0.471. The molecule has 0 bridgehead atoms. The Hall–Kier alpha value is -1.15.